The number of ether oxygens (including phenoxy) is 1. The van der Waals surface area contributed by atoms with Gasteiger partial charge in [-0.15, -0.1) is 10.2 Å². The molecule has 1 aromatic heterocycles. The zero-order chi connectivity index (χ0) is 14.7. The Bertz CT molecular complexity index is 655. The first-order chi connectivity index (χ1) is 10.2. The number of anilines is 1. The molecule has 21 heavy (non-hydrogen) atoms. The van der Waals surface area contributed by atoms with E-state index in [1.54, 1.807) is 12.1 Å². The van der Waals surface area contributed by atoms with Crippen LogP contribution >= 0.6 is 0 Å². The molecule has 106 valence electrons. The lowest BCUT2D eigenvalue weighted by molar-refractivity contribution is 0.246. The molecule has 6 nitrogen and oxygen atoms in total. The molecule has 1 aliphatic rings. The smallest absolute Gasteiger partial charge is 0.327 e. The minimum atomic E-state index is -0.239. The normalized spacial score (nSPS) is 14.8. The molecule has 0 aliphatic carbocycles. The van der Waals surface area contributed by atoms with Crippen molar-refractivity contribution in [2.75, 3.05) is 11.4 Å². The predicted octanol–water partition coefficient (Wildman–Crippen LogP) is 2.70. The number of nitrogens with one attached hydrogen (secondary N) is 1. The zero-order valence-electron chi connectivity index (χ0n) is 11.3. The fourth-order valence-electron chi connectivity index (χ4n) is 1.97. The molecular formula is C15H14N4O2. The Morgan fingerprint density at radius 1 is 1.14 bits per heavy atom. The van der Waals surface area contributed by atoms with Gasteiger partial charge in [0.2, 0.25) is 5.88 Å². The summed E-state index contributed by atoms with van der Waals surface area (Å²) in [6, 6.07) is 12.5. The Hall–Kier alpha value is -2.89. The van der Waals surface area contributed by atoms with Crippen molar-refractivity contribution in [1.29, 1.82) is 0 Å². The van der Waals surface area contributed by atoms with E-state index in [0.29, 0.717) is 36.1 Å². The van der Waals surface area contributed by atoms with E-state index in [1.165, 1.54) is 4.90 Å². The van der Waals surface area contributed by atoms with Crippen molar-refractivity contribution in [2.24, 2.45) is 0 Å². The Morgan fingerprint density at radius 3 is 2.62 bits per heavy atom. The van der Waals surface area contributed by atoms with Crippen LogP contribution in [0.25, 0.3) is 0 Å². The van der Waals surface area contributed by atoms with E-state index in [4.69, 9.17) is 4.74 Å². The minimum absolute atomic E-state index is 0.239. The van der Waals surface area contributed by atoms with Crippen LogP contribution in [0, 0.1) is 0 Å². The maximum atomic E-state index is 11.8. The summed E-state index contributed by atoms with van der Waals surface area (Å²) in [5.74, 6) is 1.55. The molecule has 1 fully saturated rings. The number of carbonyl (C=O) groups excluding carboxylic acids is 1. The standard InChI is InChI=1S/C15H14N4O2/c1-11-9-10-19(15(20)16-11)13-7-8-14(18-17-13)21-12-5-3-2-4-6-12/h2-8H,1,9-10H2,(H,16,20). The van der Waals surface area contributed by atoms with Crippen LogP contribution < -0.4 is 15.0 Å². The lowest BCUT2D eigenvalue weighted by Gasteiger charge is -2.27. The summed E-state index contributed by atoms with van der Waals surface area (Å²) >= 11 is 0. The van der Waals surface area contributed by atoms with Crippen LogP contribution in [0.3, 0.4) is 0 Å². The number of amides is 2. The second-order valence-electron chi connectivity index (χ2n) is 4.58. The third kappa shape index (κ3) is 3.00. The molecule has 1 aromatic carbocycles. The van der Waals surface area contributed by atoms with Crippen LogP contribution in [-0.2, 0) is 0 Å². The molecule has 0 bridgehead atoms. The SMILES string of the molecule is C=C1CCN(c2ccc(Oc3ccccc3)nn2)C(=O)N1. The number of para-hydroxylation sites is 1. The van der Waals surface area contributed by atoms with Crippen LogP contribution in [0.4, 0.5) is 10.6 Å². The molecule has 6 heteroatoms. The van der Waals surface area contributed by atoms with Crippen LogP contribution in [0.2, 0.25) is 0 Å². The van der Waals surface area contributed by atoms with Gasteiger partial charge in [0, 0.05) is 24.7 Å². The fraction of sp³-hybridized carbons (Fsp3) is 0.133. The van der Waals surface area contributed by atoms with Crippen LogP contribution in [0.15, 0.2) is 54.7 Å². The summed E-state index contributed by atoms with van der Waals surface area (Å²) in [7, 11) is 0. The minimum Gasteiger partial charge on any atom is -0.438 e. The highest BCUT2D eigenvalue weighted by Gasteiger charge is 2.22. The number of hydrogen-bond donors (Lipinski definition) is 1. The van der Waals surface area contributed by atoms with E-state index in [2.05, 4.69) is 22.1 Å². The second kappa shape index (κ2) is 5.62. The maximum Gasteiger partial charge on any atom is 0.327 e. The van der Waals surface area contributed by atoms with Gasteiger partial charge in [-0.2, -0.15) is 0 Å². The van der Waals surface area contributed by atoms with Crippen molar-refractivity contribution in [1.82, 2.24) is 15.5 Å². The van der Waals surface area contributed by atoms with Gasteiger partial charge in [0.15, 0.2) is 5.82 Å². The van der Waals surface area contributed by atoms with Gasteiger partial charge in [0.25, 0.3) is 0 Å². The van der Waals surface area contributed by atoms with Gasteiger partial charge in [-0.1, -0.05) is 24.8 Å². The summed E-state index contributed by atoms with van der Waals surface area (Å²) in [5.41, 5.74) is 0.716. The van der Waals surface area contributed by atoms with Crippen molar-refractivity contribution < 1.29 is 9.53 Å². The largest absolute Gasteiger partial charge is 0.438 e. The van der Waals surface area contributed by atoms with Gasteiger partial charge >= 0.3 is 6.03 Å². The molecule has 0 radical (unpaired) electrons. The Morgan fingerprint density at radius 2 is 1.95 bits per heavy atom. The topological polar surface area (TPSA) is 67.3 Å². The number of hydrogen-bond acceptors (Lipinski definition) is 4. The van der Waals surface area contributed by atoms with Gasteiger partial charge in [-0.25, -0.2) is 4.79 Å². The van der Waals surface area contributed by atoms with E-state index in [1.807, 2.05) is 30.3 Å². The molecule has 3 rings (SSSR count). The molecule has 2 aromatic rings. The Balaban J connectivity index is 1.72. The molecule has 0 atom stereocenters. The molecule has 0 spiro atoms. The predicted molar refractivity (Wildman–Crippen MR) is 78.2 cm³/mol. The van der Waals surface area contributed by atoms with Crippen molar-refractivity contribution >= 4 is 11.8 Å². The highest BCUT2D eigenvalue weighted by Crippen LogP contribution is 2.21. The second-order valence-corrected chi connectivity index (χ2v) is 4.58. The lowest BCUT2D eigenvalue weighted by Crippen LogP contribution is -2.45. The number of benzene rings is 1. The summed E-state index contributed by atoms with van der Waals surface area (Å²) in [6.07, 6.45) is 0.690. The van der Waals surface area contributed by atoms with Crippen molar-refractivity contribution in [3.63, 3.8) is 0 Å². The summed E-state index contributed by atoms with van der Waals surface area (Å²) in [5, 5.41) is 10.7. The number of nitrogens with zero attached hydrogens (tertiary/aromatic N) is 3. The van der Waals surface area contributed by atoms with E-state index in [-0.39, 0.29) is 6.03 Å². The van der Waals surface area contributed by atoms with Crippen LogP contribution in [0.5, 0.6) is 11.6 Å². The van der Waals surface area contributed by atoms with Gasteiger partial charge in [-0.3, -0.25) is 4.90 Å². The molecule has 1 saturated heterocycles. The number of rotatable bonds is 3. The summed E-state index contributed by atoms with van der Waals surface area (Å²) in [4.78, 5) is 13.4. The van der Waals surface area contributed by atoms with Crippen LogP contribution in [0.1, 0.15) is 6.42 Å². The van der Waals surface area contributed by atoms with Gasteiger partial charge in [-0.05, 0) is 18.2 Å². The maximum absolute atomic E-state index is 11.8. The van der Waals surface area contributed by atoms with Crippen molar-refractivity contribution in [3.05, 3.63) is 54.7 Å². The molecule has 1 N–H and O–H groups in total. The third-order valence-electron chi connectivity index (χ3n) is 3.03. The average molecular weight is 282 g/mol. The van der Waals surface area contributed by atoms with E-state index >= 15 is 0 Å². The average Bonchev–Trinajstić information content (AvgIpc) is 2.49. The first kappa shape index (κ1) is 13.1. The van der Waals surface area contributed by atoms with Crippen molar-refractivity contribution in [3.8, 4) is 11.6 Å². The van der Waals surface area contributed by atoms with E-state index in [9.17, 15) is 4.79 Å². The monoisotopic (exact) mass is 282 g/mol. The number of urea groups is 1. The summed E-state index contributed by atoms with van der Waals surface area (Å²) in [6.45, 7) is 4.28. The zero-order valence-corrected chi connectivity index (χ0v) is 11.3. The highest BCUT2D eigenvalue weighted by molar-refractivity contribution is 5.93. The lowest BCUT2D eigenvalue weighted by atomic mass is 10.2. The number of carbonyl (C=O) groups is 1. The fourth-order valence-corrected chi connectivity index (χ4v) is 1.97. The number of aromatic nitrogens is 2. The molecule has 2 heterocycles. The van der Waals surface area contributed by atoms with E-state index < -0.39 is 0 Å². The van der Waals surface area contributed by atoms with Gasteiger partial charge in [0.1, 0.15) is 5.75 Å². The molecule has 0 saturated carbocycles. The summed E-state index contributed by atoms with van der Waals surface area (Å²) < 4.78 is 5.56. The Kier molecular flexibility index (Phi) is 3.51. The molecule has 2 amide bonds. The van der Waals surface area contributed by atoms with Gasteiger partial charge in [0.05, 0.1) is 0 Å². The highest BCUT2D eigenvalue weighted by atomic mass is 16.5. The van der Waals surface area contributed by atoms with Gasteiger partial charge < -0.3 is 10.1 Å². The first-order valence-electron chi connectivity index (χ1n) is 6.55. The van der Waals surface area contributed by atoms with Crippen molar-refractivity contribution in [2.45, 2.75) is 6.42 Å². The van der Waals surface area contributed by atoms with Crippen LogP contribution in [-0.4, -0.2) is 22.8 Å². The molecular weight excluding hydrogens is 268 g/mol. The molecule has 1 aliphatic heterocycles. The molecule has 0 unspecified atom stereocenters. The third-order valence-corrected chi connectivity index (χ3v) is 3.03. The quantitative estimate of drug-likeness (QED) is 0.939. The first-order valence-corrected chi connectivity index (χ1v) is 6.55. The van der Waals surface area contributed by atoms with E-state index in [0.717, 1.165) is 0 Å². The Labute approximate surface area is 122 Å².